The highest BCUT2D eigenvalue weighted by Gasteiger charge is 2.19. The molecule has 0 saturated carbocycles. The summed E-state index contributed by atoms with van der Waals surface area (Å²) in [5.41, 5.74) is 2.60. The molecule has 5 nitrogen and oxygen atoms in total. The van der Waals surface area contributed by atoms with Gasteiger partial charge in [0.1, 0.15) is 0 Å². The van der Waals surface area contributed by atoms with Crippen LogP contribution >= 0.6 is 0 Å². The highest BCUT2D eigenvalue weighted by atomic mass is 16.5. The van der Waals surface area contributed by atoms with Gasteiger partial charge in [0.2, 0.25) is 6.39 Å². The maximum absolute atomic E-state index is 5.58. The molecule has 1 atom stereocenters. The Bertz CT molecular complexity index is 499. The van der Waals surface area contributed by atoms with E-state index in [9.17, 15) is 0 Å². The summed E-state index contributed by atoms with van der Waals surface area (Å²) in [6.07, 6.45) is 2.11. The number of ether oxygens (including phenoxy) is 1. The molecule has 18 heavy (non-hydrogen) atoms. The van der Waals surface area contributed by atoms with Gasteiger partial charge in [-0.2, -0.15) is 4.98 Å². The van der Waals surface area contributed by atoms with Crippen LogP contribution in [-0.2, 0) is 17.8 Å². The Hall–Kier alpha value is -1.72. The molecular weight excluding hydrogens is 230 g/mol. The topological polar surface area (TPSA) is 60.2 Å². The van der Waals surface area contributed by atoms with Crippen LogP contribution in [0.2, 0.25) is 0 Å². The van der Waals surface area contributed by atoms with E-state index in [0.717, 1.165) is 18.8 Å². The van der Waals surface area contributed by atoms with Crippen LogP contribution in [0.25, 0.3) is 0 Å². The third kappa shape index (κ3) is 2.42. The molecule has 5 heteroatoms. The summed E-state index contributed by atoms with van der Waals surface area (Å²) >= 11 is 0. The average molecular weight is 245 g/mol. The van der Waals surface area contributed by atoms with Crippen LogP contribution in [0.4, 0.5) is 0 Å². The van der Waals surface area contributed by atoms with Crippen molar-refractivity contribution in [3.8, 4) is 0 Å². The fourth-order valence-corrected chi connectivity index (χ4v) is 2.21. The van der Waals surface area contributed by atoms with E-state index < -0.39 is 0 Å². The van der Waals surface area contributed by atoms with E-state index in [1.54, 1.807) is 0 Å². The summed E-state index contributed by atoms with van der Waals surface area (Å²) in [5, 5.41) is 7.26. The molecule has 1 aliphatic heterocycles. The third-order valence-corrected chi connectivity index (χ3v) is 3.12. The maximum atomic E-state index is 5.58. The van der Waals surface area contributed by atoms with Gasteiger partial charge in [-0.15, -0.1) is 0 Å². The van der Waals surface area contributed by atoms with Crippen molar-refractivity contribution in [1.82, 2.24) is 15.5 Å². The average Bonchev–Trinajstić information content (AvgIpc) is 2.92. The third-order valence-electron chi connectivity index (χ3n) is 3.12. The Morgan fingerprint density at radius 3 is 3.17 bits per heavy atom. The molecule has 0 radical (unpaired) electrons. The molecule has 1 aliphatic rings. The van der Waals surface area contributed by atoms with Gasteiger partial charge in [0.15, 0.2) is 5.82 Å². The molecule has 2 heterocycles. The summed E-state index contributed by atoms with van der Waals surface area (Å²) in [5.74, 6) is 0.729. The minimum absolute atomic E-state index is 0.252. The van der Waals surface area contributed by atoms with Crippen molar-refractivity contribution in [3.63, 3.8) is 0 Å². The zero-order valence-electron chi connectivity index (χ0n) is 10.0. The number of rotatable bonds is 4. The largest absolute Gasteiger partial charge is 0.375 e. The number of aromatic nitrogens is 2. The second kappa shape index (κ2) is 5.29. The number of hydrogen-bond donors (Lipinski definition) is 1. The second-order valence-corrected chi connectivity index (χ2v) is 4.32. The van der Waals surface area contributed by atoms with Gasteiger partial charge in [-0.05, 0) is 11.1 Å². The van der Waals surface area contributed by atoms with E-state index >= 15 is 0 Å². The lowest BCUT2D eigenvalue weighted by Gasteiger charge is -2.26. The van der Waals surface area contributed by atoms with Crippen LogP contribution in [-0.4, -0.2) is 23.3 Å². The van der Waals surface area contributed by atoms with Crippen LogP contribution in [0.3, 0.4) is 0 Å². The zero-order chi connectivity index (χ0) is 12.2. The summed E-state index contributed by atoms with van der Waals surface area (Å²) in [7, 11) is 0. The number of nitrogens with zero attached hydrogens (tertiary/aromatic N) is 2. The number of nitrogens with one attached hydrogen (secondary N) is 1. The molecule has 0 saturated heterocycles. The first-order valence-electron chi connectivity index (χ1n) is 6.07. The summed E-state index contributed by atoms with van der Waals surface area (Å²) in [4.78, 5) is 3.99. The van der Waals surface area contributed by atoms with Crippen LogP contribution < -0.4 is 5.32 Å². The molecule has 1 aromatic heterocycles. The van der Waals surface area contributed by atoms with Crippen molar-refractivity contribution in [1.29, 1.82) is 0 Å². The van der Waals surface area contributed by atoms with Gasteiger partial charge in [-0.3, -0.25) is 0 Å². The maximum Gasteiger partial charge on any atom is 0.213 e. The molecule has 0 amide bonds. The molecule has 0 fully saturated rings. The lowest BCUT2D eigenvalue weighted by Crippen LogP contribution is -2.31. The van der Waals surface area contributed by atoms with Gasteiger partial charge in [0.05, 0.1) is 19.3 Å². The smallest absolute Gasteiger partial charge is 0.213 e. The van der Waals surface area contributed by atoms with Crippen LogP contribution in [0.1, 0.15) is 23.0 Å². The standard InChI is InChI=1S/C13H15N3O2/c1-2-4-11-10(3-1)7-17-8-12(11)14-6-5-13-15-9-18-16-13/h1-4,9,12,14H,5-8H2. The van der Waals surface area contributed by atoms with Crippen molar-refractivity contribution < 1.29 is 9.26 Å². The summed E-state index contributed by atoms with van der Waals surface area (Å²) in [6, 6.07) is 8.63. The van der Waals surface area contributed by atoms with Crippen LogP contribution in [0.5, 0.6) is 0 Å². The first kappa shape index (κ1) is 11.4. The van der Waals surface area contributed by atoms with Crippen molar-refractivity contribution in [2.45, 2.75) is 19.1 Å². The Balaban J connectivity index is 1.60. The molecule has 1 unspecified atom stereocenters. The van der Waals surface area contributed by atoms with E-state index in [4.69, 9.17) is 9.26 Å². The molecule has 0 spiro atoms. The summed E-state index contributed by atoms with van der Waals surface area (Å²) < 4.78 is 10.3. The fraction of sp³-hybridized carbons (Fsp3) is 0.385. The highest BCUT2D eigenvalue weighted by Crippen LogP contribution is 2.24. The van der Waals surface area contributed by atoms with Gasteiger partial charge in [0, 0.05) is 13.0 Å². The molecule has 1 N–H and O–H groups in total. The first-order valence-corrected chi connectivity index (χ1v) is 6.07. The SMILES string of the molecule is c1ccc2c(c1)COCC2NCCc1ncon1. The van der Waals surface area contributed by atoms with Crippen molar-refractivity contribution in [2.24, 2.45) is 0 Å². The molecule has 0 aliphatic carbocycles. The minimum Gasteiger partial charge on any atom is -0.375 e. The second-order valence-electron chi connectivity index (χ2n) is 4.32. The van der Waals surface area contributed by atoms with Crippen LogP contribution in [0, 0.1) is 0 Å². The predicted octanol–water partition coefficient (Wildman–Crippen LogP) is 1.47. The van der Waals surface area contributed by atoms with Crippen molar-refractivity contribution in [3.05, 3.63) is 47.6 Å². The Morgan fingerprint density at radius 2 is 2.28 bits per heavy atom. The van der Waals surface area contributed by atoms with E-state index in [1.165, 1.54) is 17.5 Å². The van der Waals surface area contributed by atoms with E-state index in [0.29, 0.717) is 13.2 Å². The molecule has 2 aromatic rings. The minimum atomic E-state index is 0.252. The van der Waals surface area contributed by atoms with Gasteiger partial charge < -0.3 is 14.6 Å². The molecule has 94 valence electrons. The van der Waals surface area contributed by atoms with Gasteiger partial charge in [-0.25, -0.2) is 0 Å². The number of benzene rings is 1. The molecule has 0 bridgehead atoms. The van der Waals surface area contributed by atoms with Crippen molar-refractivity contribution in [2.75, 3.05) is 13.2 Å². The normalized spacial score (nSPS) is 18.6. The van der Waals surface area contributed by atoms with E-state index in [1.807, 2.05) is 6.07 Å². The monoisotopic (exact) mass is 245 g/mol. The number of hydrogen-bond acceptors (Lipinski definition) is 5. The summed E-state index contributed by atoms with van der Waals surface area (Å²) in [6.45, 7) is 2.23. The molecule has 3 rings (SSSR count). The number of fused-ring (bicyclic) bond motifs is 1. The van der Waals surface area contributed by atoms with E-state index in [-0.39, 0.29) is 6.04 Å². The van der Waals surface area contributed by atoms with Gasteiger partial charge in [-0.1, -0.05) is 29.4 Å². The zero-order valence-corrected chi connectivity index (χ0v) is 10.0. The Kier molecular flexibility index (Phi) is 3.34. The van der Waals surface area contributed by atoms with Gasteiger partial charge >= 0.3 is 0 Å². The van der Waals surface area contributed by atoms with Crippen LogP contribution in [0.15, 0.2) is 35.2 Å². The molecular formula is C13H15N3O2. The quantitative estimate of drug-likeness (QED) is 0.884. The fourth-order valence-electron chi connectivity index (χ4n) is 2.21. The van der Waals surface area contributed by atoms with Gasteiger partial charge in [0.25, 0.3) is 0 Å². The van der Waals surface area contributed by atoms with Crippen molar-refractivity contribution >= 4 is 0 Å². The Labute approximate surface area is 105 Å². The highest BCUT2D eigenvalue weighted by molar-refractivity contribution is 5.31. The van der Waals surface area contributed by atoms with E-state index in [2.05, 4.69) is 33.7 Å². The predicted molar refractivity (Wildman–Crippen MR) is 64.8 cm³/mol. The first-order chi connectivity index (χ1) is 8.93. The lowest BCUT2D eigenvalue weighted by atomic mass is 9.99. The Morgan fingerprint density at radius 1 is 1.33 bits per heavy atom. The lowest BCUT2D eigenvalue weighted by molar-refractivity contribution is 0.0823. The molecule has 1 aromatic carbocycles.